The SMILES string of the molecule is COc1ccc2ccccc2c1NC(=N)Nc1ccc2cccc3c2c1C=C3. The summed E-state index contributed by atoms with van der Waals surface area (Å²) in [4.78, 5) is 0. The van der Waals surface area contributed by atoms with E-state index in [0.29, 0.717) is 5.75 Å². The molecule has 0 spiro atoms. The van der Waals surface area contributed by atoms with Gasteiger partial charge in [-0.05, 0) is 33.9 Å². The van der Waals surface area contributed by atoms with Crippen LogP contribution in [0, 0.1) is 5.41 Å². The van der Waals surface area contributed by atoms with E-state index in [1.54, 1.807) is 7.11 Å². The Balaban J connectivity index is 1.50. The molecule has 0 heterocycles. The maximum atomic E-state index is 8.51. The summed E-state index contributed by atoms with van der Waals surface area (Å²) in [6.07, 6.45) is 4.22. The first-order valence-electron chi connectivity index (χ1n) is 9.17. The Labute approximate surface area is 163 Å². The summed E-state index contributed by atoms with van der Waals surface area (Å²) < 4.78 is 5.52. The molecular formula is C24H19N3O. The van der Waals surface area contributed by atoms with Gasteiger partial charge >= 0.3 is 0 Å². The molecule has 5 rings (SSSR count). The highest BCUT2D eigenvalue weighted by molar-refractivity contribution is 6.13. The number of anilines is 2. The van der Waals surface area contributed by atoms with Crippen molar-refractivity contribution in [3.8, 4) is 5.75 Å². The van der Waals surface area contributed by atoms with E-state index in [2.05, 4.69) is 47.1 Å². The van der Waals surface area contributed by atoms with Crippen molar-refractivity contribution in [1.82, 2.24) is 0 Å². The summed E-state index contributed by atoms with van der Waals surface area (Å²) in [5, 5.41) is 19.5. The third kappa shape index (κ3) is 2.58. The predicted octanol–water partition coefficient (Wildman–Crippen LogP) is 5.94. The van der Waals surface area contributed by atoms with Crippen LogP contribution < -0.4 is 15.4 Å². The lowest BCUT2D eigenvalue weighted by Gasteiger charge is -2.17. The van der Waals surface area contributed by atoms with Crippen molar-refractivity contribution < 1.29 is 4.74 Å². The van der Waals surface area contributed by atoms with Gasteiger partial charge < -0.3 is 15.4 Å². The van der Waals surface area contributed by atoms with Crippen LogP contribution in [-0.2, 0) is 0 Å². The molecule has 4 nitrogen and oxygen atoms in total. The summed E-state index contributed by atoms with van der Waals surface area (Å²) in [5.41, 5.74) is 4.02. The number of nitrogens with one attached hydrogen (secondary N) is 3. The fourth-order valence-corrected chi connectivity index (χ4v) is 3.87. The fraction of sp³-hybridized carbons (Fsp3) is 0.0417. The van der Waals surface area contributed by atoms with Crippen LogP contribution in [0.2, 0.25) is 0 Å². The molecule has 0 aromatic heterocycles. The Bertz CT molecular complexity index is 1270. The topological polar surface area (TPSA) is 57.1 Å². The summed E-state index contributed by atoms with van der Waals surface area (Å²) in [6.45, 7) is 0. The van der Waals surface area contributed by atoms with Crippen molar-refractivity contribution in [2.24, 2.45) is 0 Å². The number of benzene rings is 4. The number of hydrogen-bond acceptors (Lipinski definition) is 2. The van der Waals surface area contributed by atoms with Gasteiger partial charge in [0.25, 0.3) is 0 Å². The maximum absolute atomic E-state index is 8.51. The molecular weight excluding hydrogens is 346 g/mol. The van der Waals surface area contributed by atoms with Crippen LogP contribution in [0.15, 0.2) is 66.7 Å². The lowest BCUT2D eigenvalue weighted by Crippen LogP contribution is -2.21. The molecule has 0 aliphatic heterocycles. The molecule has 1 aliphatic rings. The first-order valence-corrected chi connectivity index (χ1v) is 9.17. The van der Waals surface area contributed by atoms with Crippen LogP contribution in [0.25, 0.3) is 33.7 Å². The highest BCUT2D eigenvalue weighted by atomic mass is 16.5. The molecule has 3 N–H and O–H groups in total. The summed E-state index contributed by atoms with van der Waals surface area (Å²) in [6, 6.07) is 22.4. The average molecular weight is 365 g/mol. The second-order valence-electron chi connectivity index (χ2n) is 6.79. The molecule has 0 saturated carbocycles. The van der Waals surface area contributed by atoms with E-state index in [9.17, 15) is 0 Å². The van der Waals surface area contributed by atoms with Crippen LogP contribution in [0.5, 0.6) is 5.75 Å². The Morgan fingerprint density at radius 3 is 2.54 bits per heavy atom. The van der Waals surface area contributed by atoms with Gasteiger partial charge in [0.2, 0.25) is 0 Å². The lowest BCUT2D eigenvalue weighted by molar-refractivity contribution is 0.417. The van der Waals surface area contributed by atoms with E-state index in [4.69, 9.17) is 10.1 Å². The zero-order valence-corrected chi connectivity index (χ0v) is 15.4. The van der Waals surface area contributed by atoms with E-state index in [1.165, 1.54) is 16.3 Å². The molecule has 4 aromatic rings. The molecule has 1 aliphatic carbocycles. The van der Waals surface area contributed by atoms with Crippen LogP contribution in [0.3, 0.4) is 0 Å². The number of guanidine groups is 1. The van der Waals surface area contributed by atoms with E-state index in [-0.39, 0.29) is 5.96 Å². The van der Waals surface area contributed by atoms with Gasteiger partial charge in [-0.1, -0.05) is 66.7 Å². The van der Waals surface area contributed by atoms with E-state index < -0.39 is 0 Å². The third-order valence-electron chi connectivity index (χ3n) is 5.17. The normalized spacial score (nSPS) is 11.8. The van der Waals surface area contributed by atoms with Crippen LogP contribution >= 0.6 is 0 Å². The summed E-state index contributed by atoms with van der Waals surface area (Å²) in [7, 11) is 1.64. The molecule has 0 atom stereocenters. The van der Waals surface area contributed by atoms with E-state index in [0.717, 1.165) is 27.7 Å². The van der Waals surface area contributed by atoms with Gasteiger partial charge in [-0.15, -0.1) is 0 Å². The molecule has 0 fully saturated rings. The highest BCUT2D eigenvalue weighted by Crippen LogP contribution is 2.37. The van der Waals surface area contributed by atoms with Crippen LogP contribution in [0.4, 0.5) is 11.4 Å². The first-order chi connectivity index (χ1) is 13.7. The van der Waals surface area contributed by atoms with Gasteiger partial charge in [0.05, 0.1) is 12.8 Å². The quantitative estimate of drug-likeness (QED) is 0.274. The molecule has 0 bridgehead atoms. The Morgan fingerprint density at radius 1 is 0.821 bits per heavy atom. The Kier molecular flexibility index (Phi) is 3.76. The standard InChI is InChI=1S/C24H19N3O/c1-28-21-14-11-15-5-2-3-8-18(15)23(21)27-24(25)26-20-13-10-17-7-4-6-16-9-12-19(20)22(16)17/h2-14H,1H3,(H3,25,26,27). The number of methoxy groups -OCH3 is 1. The van der Waals surface area contributed by atoms with Gasteiger partial charge in [0.1, 0.15) is 5.75 Å². The summed E-state index contributed by atoms with van der Waals surface area (Å²) in [5.74, 6) is 0.901. The number of fused-ring (bicyclic) bond motifs is 1. The second-order valence-corrected chi connectivity index (χ2v) is 6.79. The van der Waals surface area contributed by atoms with Gasteiger partial charge in [-0.3, -0.25) is 5.41 Å². The monoisotopic (exact) mass is 365 g/mol. The minimum atomic E-state index is 0.197. The largest absolute Gasteiger partial charge is 0.495 e. The number of rotatable bonds is 3. The van der Waals surface area contributed by atoms with Gasteiger partial charge in [0, 0.05) is 16.6 Å². The lowest BCUT2D eigenvalue weighted by atomic mass is 10.0. The molecule has 0 unspecified atom stereocenters. The molecule has 0 radical (unpaired) electrons. The Hall–Kier alpha value is -3.79. The Morgan fingerprint density at radius 2 is 1.64 bits per heavy atom. The number of hydrogen-bond donors (Lipinski definition) is 3. The third-order valence-corrected chi connectivity index (χ3v) is 5.17. The van der Waals surface area contributed by atoms with Crippen molar-refractivity contribution in [3.05, 3.63) is 77.9 Å². The van der Waals surface area contributed by atoms with Crippen molar-refractivity contribution in [2.75, 3.05) is 17.7 Å². The average Bonchev–Trinajstić information content (AvgIpc) is 3.16. The van der Waals surface area contributed by atoms with Gasteiger partial charge in [-0.2, -0.15) is 0 Å². The van der Waals surface area contributed by atoms with Crippen LogP contribution in [0.1, 0.15) is 11.1 Å². The van der Waals surface area contributed by atoms with Crippen LogP contribution in [-0.4, -0.2) is 13.1 Å². The van der Waals surface area contributed by atoms with Crippen molar-refractivity contribution in [2.45, 2.75) is 0 Å². The van der Waals surface area contributed by atoms with Gasteiger partial charge in [0.15, 0.2) is 5.96 Å². The summed E-state index contributed by atoms with van der Waals surface area (Å²) >= 11 is 0. The minimum Gasteiger partial charge on any atom is -0.495 e. The van der Waals surface area contributed by atoms with Crippen molar-refractivity contribution in [1.29, 1.82) is 5.41 Å². The minimum absolute atomic E-state index is 0.197. The molecule has 4 heteroatoms. The van der Waals surface area contributed by atoms with Gasteiger partial charge in [-0.25, -0.2) is 0 Å². The number of ether oxygens (including phenoxy) is 1. The van der Waals surface area contributed by atoms with Crippen molar-refractivity contribution >= 4 is 51.0 Å². The molecule has 4 aromatic carbocycles. The molecule has 28 heavy (non-hydrogen) atoms. The smallest absolute Gasteiger partial charge is 0.197 e. The molecule has 0 amide bonds. The zero-order chi connectivity index (χ0) is 19.1. The van der Waals surface area contributed by atoms with E-state index >= 15 is 0 Å². The first kappa shape index (κ1) is 16.4. The molecule has 0 saturated heterocycles. The predicted molar refractivity (Wildman–Crippen MR) is 118 cm³/mol. The fourth-order valence-electron chi connectivity index (χ4n) is 3.87. The van der Waals surface area contributed by atoms with Crippen molar-refractivity contribution in [3.63, 3.8) is 0 Å². The van der Waals surface area contributed by atoms with E-state index in [1.807, 2.05) is 42.5 Å². The zero-order valence-electron chi connectivity index (χ0n) is 15.4. The molecule has 136 valence electrons. The highest BCUT2D eigenvalue weighted by Gasteiger charge is 2.15. The maximum Gasteiger partial charge on any atom is 0.197 e. The second kappa shape index (κ2) is 6.43.